The number of rotatable bonds is 4. The van der Waals surface area contributed by atoms with Gasteiger partial charge < -0.3 is 10.1 Å². The van der Waals surface area contributed by atoms with Crippen LogP contribution in [0.25, 0.3) is 0 Å². The monoisotopic (exact) mass is 269 g/mol. The van der Waals surface area contributed by atoms with Crippen molar-refractivity contribution in [1.29, 1.82) is 0 Å². The summed E-state index contributed by atoms with van der Waals surface area (Å²) in [5.41, 5.74) is 5.00. The van der Waals surface area contributed by atoms with E-state index in [1.807, 2.05) is 12.1 Å². The number of aryl methyl sites for hydroxylation is 2. The Hall–Kier alpha value is -2.29. The Labute approximate surface area is 119 Å². The molecule has 0 atom stereocenters. The van der Waals surface area contributed by atoms with Gasteiger partial charge in [-0.15, -0.1) is 0 Å². The third-order valence-electron chi connectivity index (χ3n) is 2.91. The summed E-state index contributed by atoms with van der Waals surface area (Å²) in [4.78, 5) is 11.6. The van der Waals surface area contributed by atoms with Gasteiger partial charge in [-0.3, -0.25) is 0 Å². The summed E-state index contributed by atoms with van der Waals surface area (Å²) >= 11 is 0. The fraction of sp³-hybridized carbons (Fsp3) is 0.235. The molecule has 0 amide bonds. The average Bonchev–Trinajstić information content (AvgIpc) is 2.38. The molecule has 0 aromatic heterocycles. The fourth-order valence-electron chi connectivity index (χ4n) is 2.12. The van der Waals surface area contributed by atoms with Gasteiger partial charge >= 0.3 is 5.97 Å². The highest BCUT2D eigenvalue weighted by molar-refractivity contribution is 5.89. The normalized spacial score (nSPS) is 10.2. The van der Waals surface area contributed by atoms with Crippen LogP contribution in [-0.4, -0.2) is 12.6 Å². The number of esters is 1. The van der Waals surface area contributed by atoms with E-state index in [1.165, 1.54) is 11.1 Å². The van der Waals surface area contributed by atoms with Crippen molar-refractivity contribution < 1.29 is 9.53 Å². The summed E-state index contributed by atoms with van der Waals surface area (Å²) in [6.07, 6.45) is 0. The molecule has 0 bridgehead atoms. The van der Waals surface area contributed by atoms with E-state index in [1.54, 1.807) is 19.1 Å². The van der Waals surface area contributed by atoms with Crippen LogP contribution in [0.1, 0.15) is 28.4 Å². The van der Waals surface area contributed by atoms with Crippen molar-refractivity contribution in [3.05, 3.63) is 59.2 Å². The maximum Gasteiger partial charge on any atom is 0.338 e. The van der Waals surface area contributed by atoms with Crippen LogP contribution in [0.5, 0.6) is 0 Å². The molecule has 3 nitrogen and oxygen atoms in total. The molecule has 0 radical (unpaired) electrons. The smallest absolute Gasteiger partial charge is 0.338 e. The lowest BCUT2D eigenvalue weighted by molar-refractivity contribution is 0.0526. The predicted octanol–water partition coefficient (Wildman–Crippen LogP) is 4.22. The van der Waals surface area contributed by atoms with Gasteiger partial charge in [0.2, 0.25) is 0 Å². The van der Waals surface area contributed by atoms with E-state index in [0.29, 0.717) is 12.2 Å². The van der Waals surface area contributed by atoms with Crippen LogP contribution in [0, 0.1) is 13.8 Å². The highest BCUT2D eigenvalue weighted by atomic mass is 16.5. The zero-order valence-electron chi connectivity index (χ0n) is 12.1. The van der Waals surface area contributed by atoms with Crippen LogP contribution in [0.4, 0.5) is 11.4 Å². The summed E-state index contributed by atoms with van der Waals surface area (Å²) in [6, 6.07) is 13.6. The minimum absolute atomic E-state index is 0.287. The molecule has 2 aromatic rings. The van der Waals surface area contributed by atoms with Gasteiger partial charge in [0.25, 0.3) is 0 Å². The molecule has 0 aliphatic carbocycles. The second-order valence-electron chi connectivity index (χ2n) is 4.80. The molecule has 2 rings (SSSR count). The fourth-order valence-corrected chi connectivity index (χ4v) is 2.12. The second-order valence-corrected chi connectivity index (χ2v) is 4.80. The number of carbonyl (C=O) groups excluding carboxylic acids is 1. The first-order valence-electron chi connectivity index (χ1n) is 6.71. The number of anilines is 2. The minimum Gasteiger partial charge on any atom is -0.462 e. The maximum atomic E-state index is 11.6. The highest BCUT2D eigenvalue weighted by Crippen LogP contribution is 2.20. The molecule has 0 saturated carbocycles. The number of hydrogen-bond donors (Lipinski definition) is 1. The summed E-state index contributed by atoms with van der Waals surface area (Å²) in [7, 11) is 0. The Morgan fingerprint density at radius 1 is 1.00 bits per heavy atom. The van der Waals surface area contributed by atoms with Crippen molar-refractivity contribution in [2.75, 3.05) is 11.9 Å². The van der Waals surface area contributed by atoms with Gasteiger partial charge in [-0.25, -0.2) is 4.79 Å². The van der Waals surface area contributed by atoms with Crippen molar-refractivity contribution >= 4 is 17.3 Å². The molecule has 0 heterocycles. The van der Waals surface area contributed by atoms with E-state index in [2.05, 4.69) is 37.4 Å². The Morgan fingerprint density at radius 3 is 2.15 bits per heavy atom. The number of carbonyl (C=O) groups is 1. The van der Waals surface area contributed by atoms with E-state index in [4.69, 9.17) is 4.74 Å². The van der Waals surface area contributed by atoms with Gasteiger partial charge in [0.15, 0.2) is 0 Å². The Balaban J connectivity index is 2.12. The van der Waals surface area contributed by atoms with Gasteiger partial charge in [-0.1, -0.05) is 6.07 Å². The average molecular weight is 269 g/mol. The van der Waals surface area contributed by atoms with Crippen LogP contribution in [0.15, 0.2) is 42.5 Å². The molecular weight excluding hydrogens is 250 g/mol. The van der Waals surface area contributed by atoms with Crippen LogP contribution in [0.3, 0.4) is 0 Å². The third-order valence-corrected chi connectivity index (χ3v) is 2.91. The first kappa shape index (κ1) is 14.1. The summed E-state index contributed by atoms with van der Waals surface area (Å²) in [5, 5.41) is 3.33. The van der Waals surface area contributed by atoms with Gasteiger partial charge in [0.05, 0.1) is 12.2 Å². The van der Waals surface area contributed by atoms with Crippen molar-refractivity contribution in [3.8, 4) is 0 Å². The Bertz CT molecular complexity index is 583. The van der Waals surface area contributed by atoms with Crippen LogP contribution in [-0.2, 0) is 4.74 Å². The van der Waals surface area contributed by atoms with Crippen molar-refractivity contribution in [2.24, 2.45) is 0 Å². The number of nitrogens with one attached hydrogen (secondary N) is 1. The van der Waals surface area contributed by atoms with Gasteiger partial charge in [-0.05, 0) is 68.3 Å². The summed E-state index contributed by atoms with van der Waals surface area (Å²) < 4.78 is 4.96. The first-order chi connectivity index (χ1) is 9.58. The molecule has 0 aliphatic rings. The standard InChI is InChI=1S/C17H19NO2/c1-4-20-17(19)14-5-7-15(8-6-14)18-16-10-12(2)9-13(3)11-16/h5-11,18H,4H2,1-3H3. The SMILES string of the molecule is CCOC(=O)c1ccc(Nc2cc(C)cc(C)c2)cc1. The Kier molecular flexibility index (Phi) is 4.41. The number of benzene rings is 2. The zero-order chi connectivity index (χ0) is 14.5. The molecule has 104 valence electrons. The van der Waals surface area contributed by atoms with Crippen molar-refractivity contribution in [1.82, 2.24) is 0 Å². The van der Waals surface area contributed by atoms with Crippen LogP contribution in [0.2, 0.25) is 0 Å². The molecule has 0 spiro atoms. The quantitative estimate of drug-likeness (QED) is 0.844. The number of hydrogen-bond acceptors (Lipinski definition) is 3. The van der Waals surface area contributed by atoms with E-state index >= 15 is 0 Å². The maximum absolute atomic E-state index is 11.6. The van der Waals surface area contributed by atoms with Gasteiger partial charge in [-0.2, -0.15) is 0 Å². The van der Waals surface area contributed by atoms with Crippen LogP contribution >= 0.6 is 0 Å². The van der Waals surface area contributed by atoms with E-state index in [0.717, 1.165) is 11.4 Å². The highest BCUT2D eigenvalue weighted by Gasteiger charge is 2.05. The lowest BCUT2D eigenvalue weighted by atomic mass is 10.1. The van der Waals surface area contributed by atoms with Gasteiger partial charge in [0.1, 0.15) is 0 Å². The summed E-state index contributed by atoms with van der Waals surface area (Å²) in [5.74, 6) is -0.287. The van der Waals surface area contributed by atoms with Gasteiger partial charge in [0, 0.05) is 11.4 Å². The molecule has 3 heteroatoms. The topological polar surface area (TPSA) is 38.3 Å². The lowest BCUT2D eigenvalue weighted by Gasteiger charge is -2.09. The Morgan fingerprint density at radius 2 is 1.60 bits per heavy atom. The molecule has 0 aliphatic heterocycles. The minimum atomic E-state index is -0.287. The molecule has 1 N–H and O–H groups in total. The molecule has 0 saturated heterocycles. The summed E-state index contributed by atoms with van der Waals surface area (Å²) in [6.45, 7) is 6.33. The van der Waals surface area contributed by atoms with E-state index in [-0.39, 0.29) is 5.97 Å². The number of ether oxygens (including phenoxy) is 1. The zero-order valence-corrected chi connectivity index (χ0v) is 12.1. The largest absolute Gasteiger partial charge is 0.462 e. The molecular formula is C17H19NO2. The molecule has 2 aromatic carbocycles. The predicted molar refractivity (Wildman–Crippen MR) is 81.6 cm³/mol. The van der Waals surface area contributed by atoms with Crippen molar-refractivity contribution in [2.45, 2.75) is 20.8 Å². The van der Waals surface area contributed by atoms with Crippen molar-refractivity contribution in [3.63, 3.8) is 0 Å². The second kappa shape index (κ2) is 6.24. The lowest BCUT2D eigenvalue weighted by Crippen LogP contribution is -2.04. The van der Waals surface area contributed by atoms with Crippen LogP contribution < -0.4 is 5.32 Å². The third kappa shape index (κ3) is 3.60. The van der Waals surface area contributed by atoms with E-state index in [9.17, 15) is 4.79 Å². The molecule has 0 fully saturated rings. The molecule has 20 heavy (non-hydrogen) atoms. The first-order valence-corrected chi connectivity index (χ1v) is 6.71. The molecule has 0 unspecified atom stereocenters. The van der Waals surface area contributed by atoms with E-state index < -0.39 is 0 Å².